The number of nitrogens with one attached hydrogen (secondary N) is 1. The Balaban J connectivity index is 1.34. The lowest BCUT2D eigenvalue weighted by atomic mass is 9.93. The first kappa shape index (κ1) is 20.8. The van der Waals surface area contributed by atoms with E-state index < -0.39 is 15.3 Å². The van der Waals surface area contributed by atoms with E-state index in [0.717, 1.165) is 50.0 Å². The molecule has 0 bridgehead atoms. The molecule has 1 N–H and O–H groups in total. The van der Waals surface area contributed by atoms with Gasteiger partial charge in [-0.25, -0.2) is 12.8 Å². The average Bonchev–Trinajstić information content (AvgIpc) is 3.57. The molecule has 2 fully saturated rings. The lowest BCUT2D eigenvalue weighted by Crippen LogP contribution is -2.47. The van der Waals surface area contributed by atoms with Crippen LogP contribution in [-0.2, 0) is 20.0 Å². The van der Waals surface area contributed by atoms with Gasteiger partial charge in [0.2, 0.25) is 5.91 Å². The third-order valence-corrected chi connectivity index (χ3v) is 8.10. The lowest BCUT2D eigenvalue weighted by Gasteiger charge is -2.34. The molecule has 160 valence electrons. The highest BCUT2D eigenvalue weighted by Crippen LogP contribution is 2.48. The number of nitrogens with zero attached hydrogens (tertiary/aromatic N) is 1. The third-order valence-electron chi connectivity index (χ3n) is 6.35. The molecule has 1 heterocycles. The molecular formula is C23H27FN2O3S. The van der Waals surface area contributed by atoms with Gasteiger partial charge in [0.15, 0.2) is 9.84 Å². The van der Waals surface area contributed by atoms with Crippen molar-refractivity contribution in [2.45, 2.75) is 49.0 Å². The summed E-state index contributed by atoms with van der Waals surface area (Å²) in [5.41, 5.74) is 1.39. The van der Waals surface area contributed by atoms with Crippen LogP contribution >= 0.6 is 0 Å². The van der Waals surface area contributed by atoms with Crippen molar-refractivity contribution in [3.8, 4) is 0 Å². The largest absolute Gasteiger partial charge is 0.371 e. The van der Waals surface area contributed by atoms with Crippen molar-refractivity contribution < 1.29 is 17.6 Å². The van der Waals surface area contributed by atoms with Gasteiger partial charge in [0.1, 0.15) is 5.82 Å². The summed E-state index contributed by atoms with van der Waals surface area (Å²) in [6.45, 7) is 3.24. The van der Waals surface area contributed by atoms with Gasteiger partial charge in [-0.05, 0) is 67.6 Å². The molecule has 5 nitrogen and oxygen atoms in total. The number of amides is 1. The van der Waals surface area contributed by atoms with Crippen molar-refractivity contribution in [2.75, 3.05) is 23.7 Å². The maximum absolute atomic E-state index is 13.2. The molecule has 0 radical (unpaired) electrons. The van der Waals surface area contributed by atoms with Crippen molar-refractivity contribution in [3.05, 3.63) is 59.9 Å². The number of halogens is 1. The number of rotatable bonds is 6. The minimum atomic E-state index is -3.19. The van der Waals surface area contributed by atoms with Gasteiger partial charge in [-0.15, -0.1) is 0 Å². The van der Waals surface area contributed by atoms with E-state index >= 15 is 0 Å². The predicted molar refractivity (Wildman–Crippen MR) is 115 cm³/mol. The highest BCUT2D eigenvalue weighted by Gasteiger charge is 2.51. The molecule has 30 heavy (non-hydrogen) atoms. The Labute approximate surface area is 177 Å². The van der Waals surface area contributed by atoms with E-state index in [2.05, 4.69) is 10.2 Å². The van der Waals surface area contributed by atoms with Gasteiger partial charge < -0.3 is 10.2 Å². The number of hydrogen-bond acceptors (Lipinski definition) is 4. The molecule has 0 unspecified atom stereocenters. The predicted octanol–water partition coefficient (Wildman–Crippen LogP) is 3.44. The van der Waals surface area contributed by atoms with Crippen LogP contribution < -0.4 is 10.2 Å². The molecule has 2 aromatic rings. The first-order valence-electron chi connectivity index (χ1n) is 10.5. The van der Waals surface area contributed by atoms with Crippen LogP contribution in [0.25, 0.3) is 0 Å². The molecule has 0 spiro atoms. The summed E-state index contributed by atoms with van der Waals surface area (Å²) in [5.74, 6) is -0.152. The molecule has 7 heteroatoms. The molecule has 0 atom stereocenters. The molecular weight excluding hydrogens is 403 g/mol. The lowest BCUT2D eigenvalue weighted by molar-refractivity contribution is -0.124. The smallest absolute Gasteiger partial charge is 0.230 e. The van der Waals surface area contributed by atoms with E-state index in [0.29, 0.717) is 4.90 Å². The Morgan fingerprint density at radius 1 is 1.07 bits per heavy atom. The van der Waals surface area contributed by atoms with Crippen LogP contribution in [0.4, 0.5) is 10.1 Å². The summed E-state index contributed by atoms with van der Waals surface area (Å²) >= 11 is 0. The van der Waals surface area contributed by atoms with Crippen molar-refractivity contribution in [2.24, 2.45) is 0 Å². The minimum absolute atomic E-state index is 0.0432. The fourth-order valence-corrected chi connectivity index (χ4v) is 5.06. The summed E-state index contributed by atoms with van der Waals surface area (Å²) in [4.78, 5) is 15.5. The molecule has 4 rings (SSSR count). The van der Waals surface area contributed by atoms with Gasteiger partial charge in [0.25, 0.3) is 0 Å². The Hall–Kier alpha value is -2.41. The van der Waals surface area contributed by atoms with Gasteiger partial charge in [-0.3, -0.25) is 4.79 Å². The van der Waals surface area contributed by atoms with Gasteiger partial charge in [-0.1, -0.05) is 19.1 Å². The average molecular weight is 431 g/mol. The first-order chi connectivity index (χ1) is 14.3. The molecule has 1 amide bonds. The zero-order valence-electron chi connectivity index (χ0n) is 17.1. The monoisotopic (exact) mass is 430 g/mol. The van der Waals surface area contributed by atoms with Crippen LogP contribution in [0.3, 0.4) is 0 Å². The number of benzene rings is 2. The normalized spacial score (nSPS) is 18.8. The van der Waals surface area contributed by atoms with Gasteiger partial charge in [0, 0.05) is 24.8 Å². The van der Waals surface area contributed by atoms with E-state index in [1.807, 2.05) is 12.1 Å². The Bertz CT molecular complexity index is 1010. The molecule has 2 aliphatic rings. The van der Waals surface area contributed by atoms with Crippen molar-refractivity contribution >= 4 is 21.4 Å². The fraction of sp³-hybridized carbons (Fsp3) is 0.435. The first-order valence-corrected chi connectivity index (χ1v) is 12.1. The maximum atomic E-state index is 13.2. The number of piperidine rings is 1. The van der Waals surface area contributed by atoms with E-state index in [4.69, 9.17) is 0 Å². The molecule has 1 saturated carbocycles. The highest BCUT2D eigenvalue weighted by atomic mass is 32.2. The van der Waals surface area contributed by atoms with Crippen LogP contribution in [0.15, 0.2) is 53.4 Å². The van der Waals surface area contributed by atoms with Crippen molar-refractivity contribution in [1.82, 2.24) is 5.32 Å². The Morgan fingerprint density at radius 3 is 2.20 bits per heavy atom. The van der Waals surface area contributed by atoms with Crippen molar-refractivity contribution in [3.63, 3.8) is 0 Å². The maximum Gasteiger partial charge on any atom is 0.230 e. The van der Waals surface area contributed by atoms with E-state index in [9.17, 15) is 17.6 Å². The number of anilines is 1. The summed E-state index contributed by atoms with van der Waals surface area (Å²) in [5, 5.41) is 3.20. The van der Waals surface area contributed by atoms with Crippen LogP contribution in [-0.4, -0.2) is 39.2 Å². The molecule has 1 saturated heterocycles. The van der Waals surface area contributed by atoms with E-state index in [1.54, 1.807) is 31.2 Å². The van der Waals surface area contributed by atoms with E-state index in [-0.39, 0.29) is 23.5 Å². The Morgan fingerprint density at radius 2 is 1.67 bits per heavy atom. The van der Waals surface area contributed by atoms with Gasteiger partial charge in [0.05, 0.1) is 16.1 Å². The summed E-state index contributed by atoms with van der Waals surface area (Å²) in [6.07, 6.45) is 3.27. The third kappa shape index (κ3) is 4.08. The highest BCUT2D eigenvalue weighted by molar-refractivity contribution is 7.91. The summed E-state index contributed by atoms with van der Waals surface area (Å²) in [6, 6.07) is 13.4. The zero-order valence-corrected chi connectivity index (χ0v) is 17.9. The number of hydrogen-bond donors (Lipinski definition) is 1. The van der Waals surface area contributed by atoms with Gasteiger partial charge >= 0.3 is 0 Å². The SMILES string of the molecule is CCS(=O)(=O)c1ccc(N2CCC(NC(=O)C3(c4ccc(F)cc4)CC3)CC2)cc1. The summed E-state index contributed by atoms with van der Waals surface area (Å²) < 4.78 is 37.1. The minimum Gasteiger partial charge on any atom is -0.371 e. The van der Waals surface area contributed by atoms with Crippen LogP contribution in [0.1, 0.15) is 38.2 Å². The standard InChI is InChI=1S/C23H27FN2O3S/c1-2-30(28,29)21-9-7-20(8-10-21)26-15-11-19(12-16-26)25-22(27)23(13-14-23)17-3-5-18(24)6-4-17/h3-10,19H,2,11-16H2,1H3,(H,25,27). The topological polar surface area (TPSA) is 66.5 Å². The van der Waals surface area contributed by atoms with E-state index in [1.165, 1.54) is 12.1 Å². The second-order valence-electron chi connectivity index (χ2n) is 8.22. The number of carbonyl (C=O) groups is 1. The zero-order chi connectivity index (χ0) is 21.4. The van der Waals surface area contributed by atoms with Crippen molar-refractivity contribution in [1.29, 1.82) is 0 Å². The van der Waals surface area contributed by atoms with Gasteiger partial charge in [-0.2, -0.15) is 0 Å². The number of sulfone groups is 1. The molecule has 1 aliphatic carbocycles. The van der Waals surface area contributed by atoms with Crippen LogP contribution in [0.5, 0.6) is 0 Å². The quantitative estimate of drug-likeness (QED) is 0.763. The molecule has 0 aromatic heterocycles. The number of carbonyl (C=O) groups excluding carboxylic acids is 1. The van der Waals surface area contributed by atoms with Crippen LogP contribution in [0.2, 0.25) is 0 Å². The summed E-state index contributed by atoms with van der Waals surface area (Å²) in [7, 11) is -3.19. The molecule has 1 aliphatic heterocycles. The second kappa shape index (κ2) is 8.02. The Kier molecular flexibility index (Phi) is 5.57. The van der Waals surface area contributed by atoms with Crippen LogP contribution in [0, 0.1) is 5.82 Å². The second-order valence-corrected chi connectivity index (χ2v) is 10.5. The molecule has 2 aromatic carbocycles. The fourth-order valence-electron chi connectivity index (χ4n) is 4.18.